The van der Waals surface area contributed by atoms with Crippen molar-refractivity contribution in [2.45, 2.75) is 18.9 Å². The molecule has 0 aliphatic carbocycles. The van der Waals surface area contributed by atoms with Crippen LogP contribution < -0.4 is 10.8 Å². The molecule has 3 N–H and O–H groups in total. The minimum Gasteiger partial charge on any atom is -0.423 e. The summed E-state index contributed by atoms with van der Waals surface area (Å²) in [5.74, 6) is 0. The molecule has 1 aromatic rings. The molecule has 0 saturated carbocycles. The van der Waals surface area contributed by atoms with Crippen molar-refractivity contribution in [1.29, 1.82) is 0 Å². The van der Waals surface area contributed by atoms with Crippen molar-refractivity contribution in [2.75, 3.05) is 13.1 Å². The van der Waals surface area contributed by atoms with Crippen molar-refractivity contribution in [3.8, 4) is 0 Å². The summed E-state index contributed by atoms with van der Waals surface area (Å²) < 4.78 is 1.83. The van der Waals surface area contributed by atoms with Crippen molar-refractivity contribution in [2.24, 2.45) is 0 Å². The summed E-state index contributed by atoms with van der Waals surface area (Å²) in [6, 6.07) is 0.392. The number of halogens is 1. The van der Waals surface area contributed by atoms with Gasteiger partial charge >= 0.3 is 7.12 Å². The summed E-state index contributed by atoms with van der Waals surface area (Å²) >= 11 is 0. The fourth-order valence-corrected chi connectivity index (χ4v) is 1.76. The highest BCUT2D eigenvalue weighted by Crippen LogP contribution is 2.15. The summed E-state index contributed by atoms with van der Waals surface area (Å²) in [7, 11) is -1.41. The molecule has 0 atom stereocenters. The van der Waals surface area contributed by atoms with Crippen LogP contribution in [0.4, 0.5) is 0 Å². The van der Waals surface area contributed by atoms with Crippen molar-refractivity contribution < 1.29 is 10.0 Å². The molecule has 0 aromatic carbocycles. The van der Waals surface area contributed by atoms with E-state index in [4.69, 9.17) is 10.0 Å². The van der Waals surface area contributed by atoms with Crippen LogP contribution in [-0.2, 0) is 0 Å². The third-order valence-electron chi connectivity index (χ3n) is 2.60. The summed E-state index contributed by atoms with van der Waals surface area (Å²) in [4.78, 5) is 0. The molecule has 0 amide bonds. The standard InChI is InChI=1S/C8H14BN3O2.ClH/c13-9(14)7-5-11-12(6-7)8-1-3-10-4-2-8;/h5-6,8,10,13-14H,1-4H2;1H. The number of nitrogens with one attached hydrogen (secondary N) is 1. The van der Waals surface area contributed by atoms with E-state index >= 15 is 0 Å². The summed E-state index contributed by atoms with van der Waals surface area (Å²) in [5.41, 5.74) is 0.462. The third-order valence-corrected chi connectivity index (χ3v) is 2.60. The fraction of sp³-hybridized carbons (Fsp3) is 0.625. The molecule has 5 nitrogen and oxygen atoms in total. The fourth-order valence-electron chi connectivity index (χ4n) is 1.76. The van der Waals surface area contributed by atoms with Gasteiger partial charge < -0.3 is 15.4 Å². The lowest BCUT2D eigenvalue weighted by Gasteiger charge is -2.22. The summed E-state index contributed by atoms with van der Waals surface area (Å²) in [6.45, 7) is 2.00. The largest absolute Gasteiger partial charge is 0.491 e. The van der Waals surface area contributed by atoms with E-state index in [2.05, 4.69) is 10.4 Å². The smallest absolute Gasteiger partial charge is 0.423 e. The molecular formula is C8H15BClN3O2. The van der Waals surface area contributed by atoms with Gasteiger partial charge in [-0.15, -0.1) is 12.4 Å². The first-order valence-corrected chi connectivity index (χ1v) is 4.88. The highest BCUT2D eigenvalue weighted by molar-refractivity contribution is 6.58. The normalized spacial score (nSPS) is 17.2. The van der Waals surface area contributed by atoms with E-state index in [1.54, 1.807) is 6.20 Å². The zero-order chi connectivity index (χ0) is 9.97. The number of nitrogens with zero attached hydrogens (tertiary/aromatic N) is 2. The molecule has 1 saturated heterocycles. The Morgan fingerprint density at radius 2 is 2.07 bits per heavy atom. The van der Waals surface area contributed by atoms with E-state index in [0.29, 0.717) is 11.5 Å². The molecule has 1 fully saturated rings. The van der Waals surface area contributed by atoms with Crippen LogP contribution in [0.2, 0.25) is 0 Å². The van der Waals surface area contributed by atoms with Crippen LogP contribution >= 0.6 is 12.4 Å². The second-order valence-electron chi connectivity index (χ2n) is 3.61. The number of aromatic nitrogens is 2. The summed E-state index contributed by atoms with van der Waals surface area (Å²) in [6.07, 6.45) is 5.30. The maximum atomic E-state index is 8.93. The van der Waals surface area contributed by atoms with E-state index in [9.17, 15) is 0 Å². The van der Waals surface area contributed by atoms with Crippen LogP contribution in [0.15, 0.2) is 12.4 Å². The van der Waals surface area contributed by atoms with Crippen molar-refractivity contribution in [1.82, 2.24) is 15.1 Å². The van der Waals surface area contributed by atoms with Gasteiger partial charge in [-0.3, -0.25) is 4.68 Å². The maximum absolute atomic E-state index is 8.93. The van der Waals surface area contributed by atoms with Gasteiger partial charge in [0.15, 0.2) is 0 Å². The molecule has 0 spiro atoms. The maximum Gasteiger partial charge on any atom is 0.491 e. The number of piperidine rings is 1. The minimum atomic E-state index is -1.41. The van der Waals surface area contributed by atoms with E-state index in [0.717, 1.165) is 25.9 Å². The first-order chi connectivity index (χ1) is 6.77. The molecular weight excluding hydrogens is 216 g/mol. The number of rotatable bonds is 2. The average molecular weight is 231 g/mol. The van der Waals surface area contributed by atoms with Gasteiger partial charge in [0.05, 0.1) is 6.04 Å². The van der Waals surface area contributed by atoms with E-state index < -0.39 is 7.12 Å². The van der Waals surface area contributed by atoms with Gasteiger partial charge in [-0.25, -0.2) is 0 Å². The van der Waals surface area contributed by atoms with Crippen LogP contribution in [0, 0.1) is 0 Å². The molecule has 0 bridgehead atoms. The van der Waals surface area contributed by atoms with Gasteiger partial charge in [-0.1, -0.05) is 0 Å². The Bertz CT molecular complexity index is 302. The first-order valence-electron chi connectivity index (χ1n) is 4.88. The molecule has 84 valence electrons. The molecule has 2 rings (SSSR count). The highest BCUT2D eigenvalue weighted by Gasteiger charge is 2.18. The van der Waals surface area contributed by atoms with Gasteiger partial charge in [0.1, 0.15) is 0 Å². The van der Waals surface area contributed by atoms with Gasteiger partial charge in [0, 0.05) is 17.9 Å². The Hall–Kier alpha value is -0.555. The molecule has 7 heteroatoms. The topological polar surface area (TPSA) is 70.3 Å². The Morgan fingerprint density at radius 1 is 1.40 bits per heavy atom. The second-order valence-corrected chi connectivity index (χ2v) is 3.61. The van der Waals surface area contributed by atoms with Crippen LogP contribution in [-0.4, -0.2) is 40.0 Å². The Morgan fingerprint density at radius 3 is 2.60 bits per heavy atom. The third kappa shape index (κ3) is 2.95. The molecule has 0 unspecified atom stereocenters. The number of hydrogen-bond donors (Lipinski definition) is 3. The predicted molar refractivity (Wildman–Crippen MR) is 60.4 cm³/mol. The molecule has 1 aromatic heterocycles. The van der Waals surface area contributed by atoms with E-state index in [1.165, 1.54) is 6.20 Å². The molecule has 2 heterocycles. The van der Waals surface area contributed by atoms with Crippen molar-refractivity contribution in [3.05, 3.63) is 12.4 Å². The molecule has 1 aliphatic heterocycles. The van der Waals surface area contributed by atoms with Crippen molar-refractivity contribution >= 4 is 25.0 Å². The van der Waals surface area contributed by atoms with Crippen molar-refractivity contribution in [3.63, 3.8) is 0 Å². The summed E-state index contributed by atoms with van der Waals surface area (Å²) in [5, 5.41) is 25.3. The van der Waals surface area contributed by atoms with E-state index in [-0.39, 0.29) is 12.4 Å². The lowest BCUT2D eigenvalue weighted by atomic mass is 9.83. The monoisotopic (exact) mass is 231 g/mol. The van der Waals surface area contributed by atoms with Crippen LogP contribution in [0.3, 0.4) is 0 Å². The Kier molecular flexibility index (Phi) is 4.59. The Labute approximate surface area is 95.0 Å². The first kappa shape index (κ1) is 12.5. The van der Waals surface area contributed by atoms with Crippen LogP contribution in [0.25, 0.3) is 0 Å². The lowest BCUT2D eigenvalue weighted by Crippen LogP contribution is -2.31. The minimum absolute atomic E-state index is 0. The van der Waals surface area contributed by atoms with Gasteiger partial charge in [0.25, 0.3) is 0 Å². The molecule has 1 aliphatic rings. The highest BCUT2D eigenvalue weighted by atomic mass is 35.5. The van der Waals surface area contributed by atoms with Gasteiger partial charge in [-0.2, -0.15) is 5.10 Å². The zero-order valence-corrected chi connectivity index (χ0v) is 9.15. The quantitative estimate of drug-likeness (QED) is 0.566. The van der Waals surface area contributed by atoms with Crippen LogP contribution in [0.5, 0.6) is 0 Å². The van der Waals surface area contributed by atoms with Gasteiger partial charge in [-0.05, 0) is 25.9 Å². The Balaban J connectivity index is 0.00000112. The lowest BCUT2D eigenvalue weighted by molar-refractivity contribution is 0.343. The number of hydrogen-bond acceptors (Lipinski definition) is 4. The zero-order valence-electron chi connectivity index (χ0n) is 8.33. The average Bonchev–Trinajstić information content (AvgIpc) is 2.68. The van der Waals surface area contributed by atoms with Crippen LogP contribution in [0.1, 0.15) is 18.9 Å². The predicted octanol–water partition coefficient (Wildman–Crippen LogP) is -1.09. The van der Waals surface area contributed by atoms with E-state index in [1.807, 2.05) is 4.68 Å². The second kappa shape index (κ2) is 5.51. The molecule has 0 radical (unpaired) electrons. The van der Waals surface area contributed by atoms with Gasteiger partial charge in [0.2, 0.25) is 0 Å². The molecule has 15 heavy (non-hydrogen) atoms. The SMILES string of the molecule is Cl.OB(O)c1cnn(C2CCNCC2)c1.